The van der Waals surface area contributed by atoms with E-state index in [1.807, 2.05) is 18.2 Å². The van der Waals surface area contributed by atoms with Crippen LogP contribution in [-0.2, 0) is 0 Å². The lowest BCUT2D eigenvalue weighted by molar-refractivity contribution is 0.800. The molecule has 0 radical (unpaired) electrons. The molecule has 0 aliphatic heterocycles. The molecule has 2 N–H and O–H groups in total. The molecule has 2 rings (SSSR count). The average Bonchev–Trinajstić information content (AvgIpc) is 2.17. The molecule has 4 heteroatoms. The van der Waals surface area contributed by atoms with Gasteiger partial charge in [-0.3, -0.25) is 0 Å². The molecular formula is C12H15N3S. The molecule has 0 spiro atoms. The van der Waals surface area contributed by atoms with Gasteiger partial charge in [0.2, 0.25) is 0 Å². The minimum absolute atomic E-state index is 0.131. The van der Waals surface area contributed by atoms with Crippen molar-refractivity contribution in [1.82, 2.24) is 9.97 Å². The first-order valence-electron chi connectivity index (χ1n) is 5.15. The summed E-state index contributed by atoms with van der Waals surface area (Å²) in [5.41, 5.74) is 7.48. The second kappa shape index (κ2) is 3.94. The van der Waals surface area contributed by atoms with E-state index in [0.717, 1.165) is 21.6 Å². The summed E-state index contributed by atoms with van der Waals surface area (Å²) >= 11 is 1.73. The highest BCUT2D eigenvalue weighted by Gasteiger charge is 2.15. The van der Waals surface area contributed by atoms with E-state index in [2.05, 4.69) is 30.7 Å². The first kappa shape index (κ1) is 11.2. The molecule has 0 saturated heterocycles. The van der Waals surface area contributed by atoms with Crippen LogP contribution < -0.4 is 5.73 Å². The van der Waals surface area contributed by atoms with E-state index in [4.69, 9.17) is 5.73 Å². The van der Waals surface area contributed by atoms with Crippen LogP contribution in [0.25, 0.3) is 10.9 Å². The van der Waals surface area contributed by atoms with E-state index < -0.39 is 0 Å². The maximum absolute atomic E-state index is 5.79. The molecule has 2 aromatic rings. The van der Waals surface area contributed by atoms with Crippen LogP contribution in [0.15, 0.2) is 29.6 Å². The molecule has 1 heterocycles. The van der Waals surface area contributed by atoms with Crippen molar-refractivity contribution < 1.29 is 0 Å². The van der Waals surface area contributed by atoms with E-state index in [1.54, 1.807) is 18.1 Å². The van der Waals surface area contributed by atoms with Gasteiger partial charge in [-0.25, -0.2) is 9.97 Å². The second-order valence-electron chi connectivity index (χ2n) is 4.67. The monoisotopic (exact) mass is 233 g/mol. The molecule has 0 fully saturated rings. The van der Waals surface area contributed by atoms with Crippen molar-refractivity contribution in [1.29, 1.82) is 0 Å². The van der Waals surface area contributed by atoms with Gasteiger partial charge in [0.15, 0.2) is 0 Å². The molecule has 0 bridgehead atoms. The van der Waals surface area contributed by atoms with Gasteiger partial charge in [-0.2, -0.15) is 0 Å². The average molecular weight is 233 g/mol. The quantitative estimate of drug-likeness (QED) is 0.467. The Hall–Kier alpha value is -1.29. The highest BCUT2D eigenvalue weighted by molar-refractivity contribution is 8.00. The van der Waals surface area contributed by atoms with E-state index in [9.17, 15) is 0 Å². The Balaban J connectivity index is 2.56. The van der Waals surface area contributed by atoms with Gasteiger partial charge >= 0.3 is 0 Å². The molecule has 0 atom stereocenters. The molecule has 0 unspecified atom stereocenters. The molecule has 0 aliphatic rings. The Morgan fingerprint density at radius 3 is 2.62 bits per heavy atom. The van der Waals surface area contributed by atoms with Crippen molar-refractivity contribution >= 4 is 28.4 Å². The van der Waals surface area contributed by atoms with E-state index >= 15 is 0 Å². The van der Waals surface area contributed by atoms with Crippen molar-refractivity contribution in [3.63, 3.8) is 0 Å². The topological polar surface area (TPSA) is 51.8 Å². The number of nitrogens with zero attached hydrogens (tertiary/aromatic N) is 2. The third-order valence-electron chi connectivity index (χ3n) is 2.03. The second-order valence-corrected chi connectivity index (χ2v) is 6.49. The summed E-state index contributed by atoms with van der Waals surface area (Å²) in [5.74, 6) is 0. The zero-order valence-electron chi connectivity index (χ0n) is 9.69. The number of fused-ring (bicyclic) bond motifs is 1. The summed E-state index contributed by atoms with van der Waals surface area (Å²) in [4.78, 5) is 8.56. The van der Waals surface area contributed by atoms with Gasteiger partial charge in [0.25, 0.3) is 0 Å². The molecule has 0 saturated carbocycles. The highest BCUT2D eigenvalue weighted by Crippen LogP contribution is 2.34. The van der Waals surface area contributed by atoms with Crippen molar-refractivity contribution in [2.24, 2.45) is 0 Å². The lowest BCUT2D eigenvalue weighted by atomic mass is 10.2. The van der Waals surface area contributed by atoms with Gasteiger partial charge < -0.3 is 5.73 Å². The molecule has 1 aromatic heterocycles. The fourth-order valence-corrected chi connectivity index (χ4v) is 2.38. The van der Waals surface area contributed by atoms with E-state index in [1.165, 1.54) is 0 Å². The first-order valence-corrected chi connectivity index (χ1v) is 5.97. The third kappa shape index (κ3) is 2.44. The van der Waals surface area contributed by atoms with Crippen molar-refractivity contribution in [3.8, 4) is 0 Å². The Bertz CT molecular complexity index is 517. The number of rotatable bonds is 1. The van der Waals surface area contributed by atoms with Gasteiger partial charge in [0.1, 0.15) is 11.4 Å². The smallest absolute Gasteiger partial charge is 0.117 e. The standard InChI is InChI=1S/C12H15N3S/c1-12(2,3)16-11-9-6-8(13)4-5-10(9)14-7-15-11/h4-7H,13H2,1-3H3. The van der Waals surface area contributed by atoms with Gasteiger partial charge in [0, 0.05) is 15.8 Å². The first-order chi connectivity index (χ1) is 7.46. The minimum Gasteiger partial charge on any atom is -0.399 e. The summed E-state index contributed by atoms with van der Waals surface area (Å²) in [7, 11) is 0. The molecule has 3 nitrogen and oxygen atoms in total. The van der Waals surface area contributed by atoms with Gasteiger partial charge in [-0.15, -0.1) is 0 Å². The number of hydrogen-bond donors (Lipinski definition) is 1. The van der Waals surface area contributed by atoms with Gasteiger partial charge in [-0.05, 0) is 18.2 Å². The van der Waals surface area contributed by atoms with Crippen LogP contribution in [-0.4, -0.2) is 14.7 Å². The summed E-state index contributed by atoms with van der Waals surface area (Å²) in [5, 5.41) is 2.02. The normalized spacial score (nSPS) is 11.9. The van der Waals surface area contributed by atoms with Gasteiger partial charge in [0.05, 0.1) is 5.52 Å². The number of thioether (sulfide) groups is 1. The Kier molecular flexibility index (Phi) is 2.76. The van der Waals surface area contributed by atoms with Crippen molar-refractivity contribution in [2.75, 3.05) is 5.73 Å². The van der Waals surface area contributed by atoms with Crippen LogP contribution in [0.2, 0.25) is 0 Å². The lowest BCUT2D eigenvalue weighted by Crippen LogP contribution is -2.07. The summed E-state index contributed by atoms with van der Waals surface area (Å²) in [6.07, 6.45) is 1.60. The lowest BCUT2D eigenvalue weighted by Gasteiger charge is -2.17. The van der Waals surface area contributed by atoms with Crippen LogP contribution in [0.1, 0.15) is 20.8 Å². The maximum atomic E-state index is 5.79. The third-order valence-corrected chi connectivity index (χ3v) is 3.16. The fourth-order valence-electron chi connectivity index (χ4n) is 1.42. The largest absolute Gasteiger partial charge is 0.399 e. The number of nitrogen functional groups attached to an aromatic ring is 1. The van der Waals surface area contributed by atoms with Crippen LogP contribution in [0, 0.1) is 0 Å². The molecular weight excluding hydrogens is 218 g/mol. The highest BCUT2D eigenvalue weighted by atomic mass is 32.2. The van der Waals surface area contributed by atoms with Crippen LogP contribution in [0.5, 0.6) is 0 Å². The SMILES string of the molecule is CC(C)(C)Sc1ncnc2ccc(N)cc12. The zero-order chi connectivity index (χ0) is 11.8. The summed E-state index contributed by atoms with van der Waals surface area (Å²) in [6.45, 7) is 6.49. The van der Waals surface area contributed by atoms with Gasteiger partial charge in [-0.1, -0.05) is 32.5 Å². The Morgan fingerprint density at radius 1 is 1.19 bits per heavy atom. The van der Waals surface area contributed by atoms with E-state index in [-0.39, 0.29) is 4.75 Å². The van der Waals surface area contributed by atoms with Crippen LogP contribution in [0.3, 0.4) is 0 Å². The Morgan fingerprint density at radius 2 is 1.94 bits per heavy atom. The number of aromatic nitrogens is 2. The molecule has 0 aliphatic carbocycles. The molecule has 16 heavy (non-hydrogen) atoms. The molecule has 84 valence electrons. The molecule has 1 aromatic carbocycles. The number of benzene rings is 1. The van der Waals surface area contributed by atoms with E-state index in [0.29, 0.717) is 0 Å². The fraction of sp³-hybridized carbons (Fsp3) is 0.333. The molecule has 0 amide bonds. The zero-order valence-corrected chi connectivity index (χ0v) is 10.5. The number of nitrogens with two attached hydrogens (primary N) is 1. The number of hydrogen-bond acceptors (Lipinski definition) is 4. The summed E-state index contributed by atoms with van der Waals surface area (Å²) < 4.78 is 0.131. The summed E-state index contributed by atoms with van der Waals surface area (Å²) in [6, 6.07) is 5.73. The Labute approximate surface area is 99.5 Å². The predicted octanol–water partition coefficient (Wildman–Crippen LogP) is 3.10. The van der Waals surface area contributed by atoms with Crippen molar-refractivity contribution in [3.05, 3.63) is 24.5 Å². The minimum atomic E-state index is 0.131. The van der Waals surface area contributed by atoms with Crippen molar-refractivity contribution in [2.45, 2.75) is 30.5 Å². The van der Waals surface area contributed by atoms with Crippen LogP contribution >= 0.6 is 11.8 Å². The number of anilines is 1. The van der Waals surface area contributed by atoms with Crippen LogP contribution in [0.4, 0.5) is 5.69 Å². The predicted molar refractivity (Wildman–Crippen MR) is 69.6 cm³/mol. The maximum Gasteiger partial charge on any atom is 0.117 e.